The number of aliphatic hydroxyl groups is 1. The van der Waals surface area contributed by atoms with E-state index in [2.05, 4.69) is 51.8 Å². The van der Waals surface area contributed by atoms with E-state index in [-0.39, 0.29) is 12.1 Å². The van der Waals surface area contributed by atoms with E-state index in [1.165, 1.54) is 0 Å². The summed E-state index contributed by atoms with van der Waals surface area (Å²) in [5, 5.41) is 13.3. The van der Waals surface area contributed by atoms with Crippen LogP contribution in [0.4, 0.5) is 0 Å². The highest BCUT2D eigenvalue weighted by Gasteiger charge is 2.26. The van der Waals surface area contributed by atoms with Gasteiger partial charge in [0.05, 0.1) is 6.61 Å². The molecular formula is C17H38N2O. The maximum Gasteiger partial charge on any atom is 0.0613 e. The first-order valence-corrected chi connectivity index (χ1v) is 8.50. The molecule has 0 aromatic heterocycles. The molecule has 0 rings (SSSR count). The molecular weight excluding hydrogens is 248 g/mol. The van der Waals surface area contributed by atoms with Crippen molar-refractivity contribution in [3.05, 3.63) is 0 Å². The molecule has 1 unspecified atom stereocenters. The average molecular weight is 287 g/mol. The van der Waals surface area contributed by atoms with Crippen molar-refractivity contribution in [1.29, 1.82) is 0 Å². The largest absolute Gasteiger partial charge is 0.394 e. The molecule has 0 heterocycles. The zero-order valence-corrected chi connectivity index (χ0v) is 14.7. The van der Waals surface area contributed by atoms with E-state index in [1.807, 2.05) is 0 Å². The molecule has 0 aliphatic rings. The van der Waals surface area contributed by atoms with Crippen LogP contribution in [0.1, 0.15) is 67.2 Å². The van der Waals surface area contributed by atoms with Crippen molar-refractivity contribution in [3.63, 3.8) is 0 Å². The van der Waals surface area contributed by atoms with E-state index in [1.54, 1.807) is 0 Å². The fraction of sp³-hybridized carbons (Fsp3) is 1.00. The number of hydrogen-bond acceptors (Lipinski definition) is 3. The van der Waals surface area contributed by atoms with Gasteiger partial charge in [0.2, 0.25) is 0 Å². The van der Waals surface area contributed by atoms with E-state index >= 15 is 0 Å². The Balaban J connectivity index is 4.32. The van der Waals surface area contributed by atoms with Gasteiger partial charge in [0, 0.05) is 18.1 Å². The number of aliphatic hydroxyl groups excluding tert-OH is 1. The highest BCUT2D eigenvalue weighted by molar-refractivity contribution is 4.86. The summed E-state index contributed by atoms with van der Waals surface area (Å²) in [5.74, 6) is 0.712. The lowest BCUT2D eigenvalue weighted by Crippen LogP contribution is -2.49. The molecule has 0 saturated heterocycles. The molecule has 0 aliphatic heterocycles. The van der Waals surface area contributed by atoms with Gasteiger partial charge >= 0.3 is 0 Å². The third kappa shape index (κ3) is 7.61. The van der Waals surface area contributed by atoms with Crippen LogP contribution in [0.3, 0.4) is 0 Å². The average Bonchev–Trinajstić information content (AvgIpc) is 2.41. The molecule has 0 aliphatic carbocycles. The van der Waals surface area contributed by atoms with Gasteiger partial charge in [-0.2, -0.15) is 0 Å². The first kappa shape index (κ1) is 19.9. The van der Waals surface area contributed by atoms with Crippen LogP contribution in [0.25, 0.3) is 0 Å². The minimum Gasteiger partial charge on any atom is -0.394 e. The van der Waals surface area contributed by atoms with E-state index in [0.29, 0.717) is 12.0 Å². The summed E-state index contributed by atoms with van der Waals surface area (Å²) in [6.07, 6.45) is 4.32. The molecule has 2 N–H and O–H groups in total. The third-order valence-corrected chi connectivity index (χ3v) is 4.16. The molecule has 0 aromatic carbocycles. The molecule has 122 valence electrons. The topological polar surface area (TPSA) is 35.5 Å². The van der Waals surface area contributed by atoms with Gasteiger partial charge in [0.25, 0.3) is 0 Å². The molecule has 0 bridgehead atoms. The van der Waals surface area contributed by atoms with Crippen LogP contribution in [0.5, 0.6) is 0 Å². The maximum absolute atomic E-state index is 9.75. The van der Waals surface area contributed by atoms with Gasteiger partial charge in [-0.15, -0.1) is 0 Å². The number of rotatable bonds is 12. The van der Waals surface area contributed by atoms with Crippen LogP contribution in [0.15, 0.2) is 0 Å². The van der Waals surface area contributed by atoms with Crippen LogP contribution < -0.4 is 5.32 Å². The monoisotopic (exact) mass is 286 g/mol. The van der Waals surface area contributed by atoms with Crippen molar-refractivity contribution >= 4 is 0 Å². The van der Waals surface area contributed by atoms with Gasteiger partial charge in [0.15, 0.2) is 0 Å². The molecule has 3 nitrogen and oxygen atoms in total. The van der Waals surface area contributed by atoms with Gasteiger partial charge < -0.3 is 15.3 Å². The normalized spacial score (nSPS) is 15.3. The highest BCUT2D eigenvalue weighted by atomic mass is 16.3. The Labute approximate surface area is 127 Å². The van der Waals surface area contributed by atoms with Crippen molar-refractivity contribution in [3.8, 4) is 0 Å². The van der Waals surface area contributed by atoms with E-state index in [4.69, 9.17) is 0 Å². The Hall–Kier alpha value is -0.120. The lowest BCUT2D eigenvalue weighted by atomic mass is 9.90. The lowest BCUT2D eigenvalue weighted by molar-refractivity contribution is 0.131. The summed E-state index contributed by atoms with van der Waals surface area (Å²) in [5.41, 5.74) is -0.0729. The zero-order valence-electron chi connectivity index (χ0n) is 14.7. The number of nitrogens with one attached hydrogen (secondary N) is 1. The zero-order chi connectivity index (χ0) is 15.6. The Morgan fingerprint density at radius 3 is 2.20 bits per heavy atom. The standard InChI is InChI=1S/C17H38N2O/c1-7-11-18-17(8-2,14-20)10-9-12-19(16(5)6)13-15(3)4/h15-16,18,20H,7-14H2,1-6H3. The Bertz CT molecular complexity index is 225. The second kappa shape index (κ2) is 10.6. The fourth-order valence-electron chi connectivity index (χ4n) is 2.68. The van der Waals surface area contributed by atoms with Gasteiger partial charge in [-0.25, -0.2) is 0 Å². The smallest absolute Gasteiger partial charge is 0.0613 e. The van der Waals surface area contributed by atoms with Crippen molar-refractivity contribution < 1.29 is 5.11 Å². The molecule has 20 heavy (non-hydrogen) atoms. The quantitative estimate of drug-likeness (QED) is 0.578. The minimum absolute atomic E-state index is 0.0729. The van der Waals surface area contributed by atoms with Gasteiger partial charge in [-0.3, -0.25) is 0 Å². The van der Waals surface area contributed by atoms with E-state index < -0.39 is 0 Å². The van der Waals surface area contributed by atoms with Crippen LogP contribution in [0, 0.1) is 5.92 Å². The van der Waals surface area contributed by atoms with Gasteiger partial charge in [0.1, 0.15) is 0 Å². The maximum atomic E-state index is 9.75. The van der Waals surface area contributed by atoms with Crippen LogP contribution in [0.2, 0.25) is 0 Å². The Kier molecular flexibility index (Phi) is 10.5. The van der Waals surface area contributed by atoms with Gasteiger partial charge in [-0.05, 0) is 58.5 Å². The molecule has 1 atom stereocenters. The fourth-order valence-corrected chi connectivity index (χ4v) is 2.68. The minimum atomic E-state index is -0.0729. The molecule has 0 amide bonds. The van der Waals surface area contributed by atoms with Crippen molar-refractivity contribution in [2.45, 2.75) is 78.8 Å². The summed E-state index contributed by atoms with van der Waals surface area (Å²) in [4.78, 5) is 2.56. The van der Waals surface area contributed by atoms with Crippen molar-refractivity contribution in [1.82, 2.24) is 10.2 Å². The summed E-state index contributed by atoms with van der Waals surface area (Å²) in [6.45, 7) is 17.0. The first-order chi connectivity index (χ1) is 9.40. The van der Waals surface area contributed by atoms with Crippen molar-refractivity contribution in [2.75, 3.05) is 26.2 Å². The third-order valence-electron chi connectivity index (χ3n) is 4.16. The molecule has 0 spiro atoms. The summed E-state index contributed by atoms with van der Waals surface area (Å²) in [6, 6.07) is 0.603. The van der Waals surface area contributed by atoms with Crippen LogP contribution in [-0.2, 0) is 0 Å². The second-order valence-electron chi connectivity index (χ2n) is 6.80. The van der Waals surface area contributed by atoms with Crippen LogP contribution >= 0.6 is 0 Å². The van der Waals surface area contributed by atoms with E-state index in [9.17, 15) is 5.11 Å². The number of hydrogen-bond donors (Lipinski definition) is 2. The Morgan fingerprint density at radius 1 is 1.15 bits per heavy atom. The summed E-state index contributed by atoms with van der Waals surface area (Å²) >= 11 is 0. The summed E-state index contributed by atoms with van der Waals surface area (Å²) < 4.78 is 0. The molecule has 0 radical (unpaired) electrons. The molecule has 0 saturated carbocycles. The lowest BCUT2D eigenvalue weighted by Gasteiger charge is -2.34. The Morgan fingerprint density at radius 2 is 1.80 bits per heavy atom. The van der Waals surface area contributed by atoms with Crippen molar-refractivity contribution in [2.24, 2.45) is 5.92 Å². The molecule has 0 fully saturated rings. The first-order valence-electron chi connectivity index (χ1n) is 8.50. The number of nitrogens with zero attached hydrogens (tertiary/aromatic N) is 1. The SMILES string of the molecule is CCCNC(CC)(CO)CCCN(CC(C)C)C(C)C. The summed E-state index contributed by atoms with van der Waals surface area (Å²) in [7, 11) is 0. The predicted molar refractivity (Wildman–Crippen MR) is 89.2 cm³/mol. The van der Waals surface area contributed by atoms with Crippen LogP contribution in [-0.4, -0.2) is 47.8 Å². The molecule has 3 heteroatoms. The second-order valence-corrected chi connectivity index (χ2v) is 6.80. The highest BCUT2D eigenvalue weighted by Crippen LogP contribution is 2.18. The molecule has 0 aromatic rings. The van der Waals surface area contributed by atoms with E-state index in [0.717, 1.165) is 45.3 Å². The predicted octanol–water partition coefficient (Wildman–Crippen LogP) is 3.27. The van der Waals surface area contributed by atoms with Gasteiger partial charge in [-0.1, -0.05) is 27.7 Å².